The second-order valence-electron chi connectivity index (χ2n) is 5.70. The van der Waals surface area contributed by atoms with E-state index >= 15 is 0 Å². The van der Waals surface area contributed by atoms with Crippen LogP contribution in [0.2, 0.25) is 0 Å². The summed E-state index contributed by atoms with van der Waals surface area (Å²) in [5.41, 5.74) is 0. The predicted molar refractivity (Wildman–Crippen MR) is 79.0 cm³/mol. The average molecular weight is 261 g/mol. The van der Waals surface area contributed by atoms with Gasteiger partial charge in [0.15, 0.2) is 0 Å². The van der Waals surface area contributed by atoms with E-state index in [1.54, 1.807) is 0 Å². The number of nitrogens with one attached hydrogen (secondary N) is 1. The highest BCUT2D eigenvalue weighted by Crippen LogP contribution is 2.48. The third-order valence-electron chi connectivity index (χ3n) is 4.13. The van der Waals surface area contributed by atoms with Crippen molar-refractivity contribution in [3.05, 3.63) is 30.3 Å². The summed E-state index contributed by atoms with van der Waals surface area (Å²) in [6.45, 7) is 2.42. The van der Waals surface area contributed by atoms with Crippen molar-refractivity contribution in [3.8, 4) is 0 Å². The van der Waals surface area contributed by atoms with Crippen molar-refractivity contribution in [3.63, 3.8) is 0 Å². The maximum absolute atomic E-state index is 3.68. The van der Waals surface area contributed by atoms with Gasteiger partial charge < -0.3 is 5.32 Å². The largest absolute Gasteiger partial charge is 0.316 e. The molecule has 0 amide bonds. The first-order chi connectivity index (χ1) is 8.93. The molecule has 1 nitrogen and oxygen atoms in total. The molecule has 98 valence electrons. The summed E-state index contributed by atoms with van der Waals surface area (Å²) in [4.78, 5) is 1.39. The molecule has 0 spiro atoms. The second-order valence-corrected chi connectivity index (χ2v) is 6.87. The molecule has 18 heavy (non-hydrogen) atoms. The van der Waals surface area contributed by atoms with E-state index in [0.29, 0.717) is 0 Å². The minimum Gasteiger partial charge on any atom is -0.316 e. The van der Waals surface area contributed by atoms with Crippen LogP contribution in [-0.4, -0.2) is 18.8 Å². The van der Waals surface area contributed by atoms with Gasteiger partial charge in [0, 0.05) is 17.2 Å². The molecule has 0 atom stereocenters. The fourth-order valence-electron chi connectivity index (χ4n) is 2.79. The lowest BCUT2D eigenvalue weighted by atomic mass is 9.98. The van der Waals surface area contributed by atoms with E-state index in [1.165, 1.54) is 42.9 Å². The Bertz CT molecular complexity index is 345. The number of hydrogen-bond acceptors (Lipinski definition) is 2. The van der Waals surface area contributed by atoms with Crippen molar-refractivity contribution < 1.29 is 0 Å². The molecule has 2 aliphatic carbocycles. The molecular formula is C16H23NS. The van der Waals surface area contributed by atoms with Gasteiger partial charge in [-0.15, -0.1) is 11.8 Å². The highest BCUT2D eigenvalue weighted by atomic mass is 32.2. The monoisotopic (exact) mass is 261 g/mol. The average Bonchev–Trinajstić information content (AvgIpc) is 3.29. The first kappa shape index (κ1) is 12.6. The molecule has 0 aromatic heterocycles. The highest BCUT2D eigenvalue weighted by Gasteiger charge is 2.40. The van der Waals surface area contributed by atoms with E-state index in [-0.39, 0.29) is 0 Å². The molecule has 0 unspecified atom stereocenters. The molecule has 1 aromatic rings. The van der Waals surface area contributed by atoms with Gasteiger partial charge >= 0.3 is 0 Å². The van der Waals surface area contributed by atoms with E-state index in [4.69, 9.17) is 0 Å². The Labute approximate surface area is 115 Å². The van der Waals surface area contributed by atoms with E-state index in [9.17, 15) is 0 Å². The van der Waals surface area contributed by atoms with Gasteiger partial charge in [0.25, 0.3) is 0 Å². The van der Waals surface area contributed by atoms with Crippen LogP contribution in [0, 0.1) is 17.8 Å². The Balaban J connectivity index is 1.30. The second kappa shape index (κ2) is 6.12. The molecule has 2 heteroatoms. The number of thioether (sulfide) groups is 1. The molecule has 2 aliphatic rings. The maximum Gasteiger partial charge on any atom is 0.0106 e. The van der Waals surface area contributed by atoms with Crippen LogP contribution in [0.15, 0.2) is 35.2 Å². The van der Waals surface area contributed by atoms with Crippen molar-refractivity contribution in [1.29, 1.82) is 0 Å². The van der Waals surface area contributed by atoms with Gasteiger partial charge in [-0.05, 0) is 62.1 Å². The zero-order chi connectivity index (χ0) is 12.2. The third kappa shape index (κ3) is 3.76. The van der Waals surface area contributed by atoms with Crippen LogP contribution in [0.3, 0.4) is 0 Å². The quantitative estimate of drug-likeness (QED) is 0.564. The van der Waals surface area contributed by atoms with Crippen LogP contribution in [0.25, 0.3) is 0 Å². The molecule has 0 bridgehead atoms. The van der Waals surface area contributed by atoms with Crippen LogP contribution in [0.5, 0.6) is 0 Å². The fraction of sp³-hybridized carbons (Fsp3) is 0.625. The van der Waals surface area contributed by atoms with Crippen molar-refractivity contribution in [2.45, 2.75) is 30.6 Å². The van der Waals surface area contributed by atoms with Gasteiger partial charge in [-0.25, -0.2) is 0 Å². The van der Waals surface area contributed by atoms with Gasteiger partial charge in [0.05, 0.1) is 0 Å². The maximum atomic E-state index is 3.68. The molecule has 2 saturated carbocycles. The standard InChI is InChI=1S/C16H23NS/c1-2-4-15(5-3-1)18-11-10-17-12-16(13-6-7-13)14-8-9-14/h1-5,13-14,16-17H,6-12H2. The molecule has 2 fully saturated rings. The van der Waals surface area contributed by atoms with Crippen molar-refractivity contribution >= 4 is 11.8 Å². The smallest absolute Gasteiger partial charge is 0.0106 e. The molecule has 0 saturated heterocycles. The van der Waals surface area contributed by atoms with E-state index < -0.39 is 0 Å². The fourth-order valence-corrected chi connectivity index (χ4v) is 3.63. The number of hydrogen-bond donors (Lipinski definition) is 1. The van der Waals surface area contributed by atoms with Crippen LogP contribution in [0.4, 0.5) is 0 Å². The lowest BCUT2D eigenvalue weighted by Crippen LogP contribution is -2.27. The van der Waals surface area contributed by atoms with Crippen LogP contribution >= 0.6 is 11.8 Å². The van der Waals surface area contributed by atoms with Crippen molar-refractivity contribution in [2.75, 3.05) is 18.8 Å². The van der Waals surface area contributed by atoms with Gasteiger partial charge in [0.2, 0.25) is 0 Å². The Morgan fingerprint density at radius 3 is 2.33 bits per heavy atom. The zero-order valence-corrected chi connectivity index (χ0v) is 11.8. The lowest BCUT2D eigenvalue weighted by molar-refractivity contribution is 0.384. The molecule has 0 heterocycles. The van der Waals surface area contributed by atoms with E-state index in [1.807, 2.05) is 11.8 Å². The number of benzene rings is 1. The van der Waals surface area contributed by atoms with E-state index in [2.05, 4.69) is 35.6 Å². The Morgan fingerprint density at radius 2 is 1.72 bits per heavy atom. The summed E-state index contributed by atoms with van der Waals surface area (Å²) in [5, 5.41) is 3.68. The molecule has 0 radical (unpaired) electrons. The molecular weight excluding hydrogens is 238 g/mol. The van der Waals surface area contributed by atoms with Gasteiger partial charge in [0.1, 0.15) is 0 Å². The van der Waals surface area contributed by atoms with Crippen LogP contribution < -0.4 is 5.32 Å². The molecule has 1 aromatic carbocycles. The summed E-state index contributed by atoms with van der Waals surface area (Å²) in [5.74, 6) is 4.34. The minimum absolute atomic E-state index is 1.01. The van der Waals surface area contributed by atoms with Crippen LogP contribution in [-0.2, 0) is 0 Å². The van der Waals surface area contributed by atoms with Gasteiger partial charge in [-0.2, -0.15) is 0 Å². The van der Waals surface area contributed by atoms with Crippen molar-refractivity contribution in [1.82, 2.24) is 5.32 Å². The van der Waals surface area contributed by atoms with Gasteiger partial charge in [-0.3, -0.25) is 0 Å². The SMILES string of the molecule is c1ccc(SCCNCC(C2CC2)C2CC2)cc1. The minimum atomic E-state index is 1.01. The summed E-state index contributed by atoms with van der Waals surface area (Å²) < 4.78 is 0. The Hall–Kier alpha value is -0.470. The summed E-state index contributed by atoms with van der Waals surface area (Å²) >= 11 is 1.96. The first-order valence-electron chi connectivity index (χ1n) is 7.32. The lowest BCUT2D eigenvalue weighted by Gasteiger charge is -2.16. The summed E-state index contributed by atoms with van der Waals surface area (Å²) in [6.07, 6.45) is 6.01. The summed E-state index contributed by atoms with van der Waals surface area (Å²) in [7, 11) is 0. The first-order valence-corrected chi connectivity index (χ1v) is 8.30. The molecule has 3 rings (SSSR count). The molecule has 0 aliphatic heterocycles. The van der Waals surface area contributed by atoms with Crippen LogP contribution in [0.1, 0.15) is 25.7 Å². The molecule has 1 N–H and O–H groups in total. The zero-order valence-electron chi connectivity index (χ0n) is 11.0. The predicted octanol–water partition coefficient (Wildman–Crippen LogP) is 3.80. The van der Waals surface area contributed by atoms with Gasteiger partial charge in [-0.1, -0.05) is 18.2 Å². The third-order valence-corrected chi connectivity index (χ3v) is 5.14. The summed E-state index contributed by atoms with van der Waals surface area (Å²) in [6, 6.07) is 10.7. The Kier molecular flexibility index (Phi) is 4.27. The normalized spacial score (nSPS) is 19.4. The van der Waals surface area contributed by atoms with Crippen molar-refractivity contribution in [2.24, 2.45) is 17.8 Å². The highest BCUT2D eigenvalue weighted by molar-refractivity contribution is 7.99. The Morgan fingerprint density at radius 1 is 1.06 bits per heavy atom. The number of rotatable bonds is 8. The van der Waals surface area contributed by atoms with E-state index in [0.717, 1.165) is 24.3 Å². The topological polar surface area (TPSA) is 12.0 Å².